The van der Waals surface area contributed by atoms with E-state index in [9.17, 15) is 22.8 Å². The maximum atomic E-state index is 12.9. The molecule has 0 fully saturated rings. The molecule has 0 atom stereocenters. The molecular formula is C22H21F3N4O3S. The van der Waals surface area contributed by atoms with Crippen LogP contribution in [0.1, 0.15) is 63.4 Å². The van der Waals surface area contributed by atoms with E-state index in [4.69, 9.17) is 4.74 Å². The Morgan fingerprint density at radius 1 is 1.06 bits per heavy atom. The molecule has 0 aliphatic rings. The van der Waals surface area contributed by atoms with Gasteiger partial charge in [-0.3, -0.25) is 9.78 Å². The Bertz CT molecular complexity index is 1150. The quantitative estimate of drug-likeness (QED) is 0.515. The van der Waals surface area contributed by atoms with Crippen LogP contribution in [0, 0.1) is 6.92 Å². The molecule has 0 saturated heterocycles. The van der Waals surface area contributed by atoms with Gasteiger partial charge in [-0.05, 0) is 63.5 Å². The van der Waals surface area contributed by atoms with Crippen LogP contribution in [-0.4, -0.2) is 31.8 Å². The van der Waals surface area contributed by atoms with E-state index in [1.807, 2.05) is 0 Å². The lowest BCUT2D eigenvalue weighted by Crippen LogP contribution is -2.23. The summed E-state index contributed by atoms with van der Waals surface area (Å²) < 4.78 is 47.5. The molecule has 0 unspecified atom stereocenters. The van der Waals surface area contributed by atoms with E-state index in [1.165, 1.54) is 0 Å². The number of nitrogens with zero attached hydrogens (tertiary/aromatic N) is 3. The average molecular weight is 478 g/mol. The average Bonchev–Trinajstić information content (AvgIpc) is 3.07. The van der Waals surface area contributed by atoms with Crippen LogP contribution in [0.25, 0.3) is 0 Å². The van der Waals surface area contributed by atoms with Crippen LogP contribution in [0.4, 0.5) is 18.9 Å². The molecule has 0 aliphatic carbocycles. The van der Waals surface area contributed by atoms with E-state index >= 15 is 0 Å². The lowest BCUT2D eigenvalue weighted by Gasteiger charge is -2.19. The number of anilines is 1. The van der Waals surface area contributed by atoms with Crippen molar-refractivity contribution in [1.29, 1.82) is 0 Å². The van der Waals surface area contributed by atoms with Gasteiger partial charge in [-0.15, -0.1) is 0 Å². The smallest absolute Gasteiger partial charge is 0.434 e. The van der Waals surface area contributed by atoms with Crippen molar-refractivity contribution < 1.29 is 27.5 Å². The van der Waals surface area contributed by atoms with Gasteiger partial charge in [0.2, 0.25) is 0 Å². The van der Waals surface area contributed by atoms with Crippen molar-refractivity contribution in [3.8, 4) is 0 Å². The normalized spacial score (nSPS) is 11.8. The lowest BCUT2D eigenvalue weighted by molar-refractivity contribution is -0.141. The summed E-state index contributed by atoms with van der Waals surface area (Å²) in [5, 5.41) is 2.75. The molecule has 0 spiro atoms. The number of aromatic nitrogens is 3. The fourth-order valence-electron chi connectivity index (χ4n) is 2.81. The summed E-state index contributed by atoms with van der Waals surface area (Å²) in [6.07, 6.45) is -2.77. The van der Waals surface area contributed by atoms with Crippen LogP contribution in [0.2, 0.25) is 0 Å². The van der Waals surface area contributed by atoms with E-state index in [2.05, 4.69) is 19.7 Å². The highest BCUT2D eigenvalue weighted by atomic mass is 32.1. The Kier molecular flexibility index (Phi) is 6.82. The number of rotatable bonds is 5. The number of halogens is 3. The number of benzene rings is 1. The first-order valence-corrected chi connectivity index (χ1v) is 10.6. The number of amides is 1. The number of hydrogen-bond acceptors (Lipinski definition) is 7. The van der Waals surface area contributed by atoms with Crippen LogP contribution in [-0.2, 0) is 17.3 Å². The molecule has 3 aromatic rings. The standard InChI is InChI=1S/C22H21F3N4O3S/c1-12-18(16(33-29-12)9-15-10-27-17(11-26-15)22(23,24)25)19(30)28-14-7-5-13(6-8-14)20(31)32-21(2,3)4/h5-8,10-11H,9H2,1-4H3,(H,28,30). The van der Waals surface area contributed by atoms with Gasteiger partial charge >= 0.3 is 12.1 Å². The molecule has 3 rings (SSSR count). The number of alkyl halides is 3. The lowest BCUT2D eigenvalue weighted by atomic mass is 10.1. The Balaban J connectivity index is 1.72. The zero-order chi connectivity index (χ0) is 24.4. The van der Waals surface area contributed by atoms with Crippen molar-refractivity contribution in [2.45, 2.75) is 45.9 Å². The zero-order valence-corrected chi connectivity index (χ0v) is 19.1. The van der Waals surface area contributed by atoms with Crippen molar-refractivity contribution in [3.63, 3.8) is 0 Å². The predicted octanol–water partition coefficient (Wildman–Crippen LogP) is 5.06. The third-order valence-corrected chi connectivity index (χ3v) is 5.21. The molecule has 7 nitrogen and oxygen atoms in total. The Morgan fingerprint density at radius 2 is 1.73 bits per heavy atom. The first-order valence-electron chi connectivity index (χ1n) is 9.81. The predicted molar refractivity (Wildman–Crippen MR) is 116 cm³/mol. The van der Waals surface area contributed by atoms with Gasteiger partial charge in [-0.2, -0.15) is 17.5 Å². The summed E-state index contributed by atoms with van der Waals surface area (Å²) in [6, 6.07) is 6.24. The first kappa shape index (κ1) is 24.3. The highest BCUT2D eigenvalue weighted by Crippen LogP contribution is 2.27. The molecule has 0 saturated carbocycles. The molecule has 1 amide bonds. The summed E-state index contributed by atoms with van der Waals surface area (Å²) in [6.45, 7) is 6.97. The summed E-state index contributed by atoms with van der Waals surface area (Å²) in [5.74, 6) is -0.903. The number of nitrogens with one attached hydrogen (secondary N) is 1. The molecule has 1 aromatic carbocycles. The van der Waals surface area contributed by atoms with Gasteiger partial charge in [0.1, 0.15) is 5.60 Å². The number of ether oxygens (including phenoxy) is 1. The fraction of sp³-hybridized carbons (Fsp3) is 0.318. The summed E-state index contributed by atoms with van der Waals surface area (Å²) in [7, 11) is 0. The number of carbonyl (C=O) groups is 2. The Hall–Kier alpha value is -3.34. The van der Waals surface area contributed by atoms with Gasteiger partial charge in [0, 0.05) is 23.2 Å². The molecule has 174 valence electrons. The molecule has 2 heterocycles. The number of carbonyl (C=O) groups excluding carboxylic acids is 2. The topological polar surface area (TPSA) is 94.1 Å². The summed E-state index contributed by atoms with van der Waals surface area (Å²) in [5.41, 5.74) is 0.176. The maximum absolute atomic E-state index is 12.9. The fourth-order valence-corrected chi connectivity index (χ4v) is 3.69. The Morgan fingerprint density at radius 3 is 2.27 bits per heavy atom. The second-order valence-corrected chi connectivity index (χ2v) is 9.02. The SMILES string of the molecule is Cc1nsc(Cc2cnc(C(F)(F)F)cn2)c1C(=O)Nc1ccc(C(=O)OC(C)(C)C)cc1. The van der Waals surface area contributed by atoms with Crippen LogP contribution in [0.3, 0.4) is 0 Å². The summed E-state index contributed by atoms with van der Waals surface area (Å²) >= 11 is 1.07. The van der Waals surface area contributed by atoms with Gasteiger partial charge < -0.3 is 10.1 Å². The molecule has 2 aromatic heterocycles. The van der Waals surface area contributed by atoms with E-state index in [0.717, 1.165) is 17.7 Å². The first-order chi connectivity index (χ1) is 15.3. The van der Waals surface area contributed by atoms with Gasteiger partial charge in [0.25, 0.3) is 5.91 Å². The van der Waals surface area contributed by atoms with Crippen LogP contribution in [0.5, 0.6) is 0 Å². The van der Waals surface area contributed by atoms with Gasteiger partial charge in [-0.25, -0.2) is 9.78 Å². The van der Waals surface area contributed by atoms with Crippen LogP contribution < -0.4 is 5.32 Å². The maximum Gasteiger partial charge on any atom is 0.434 e. The van der Waals surface area contributed by atoms with Gasteiger partial charge in [-0.1, -0.05) is 0 Å². The number of esters is 1. The van der Waals surface area contributed by atoms with Crippen molar-refractivity contribution in [3.05, 3.63) is 69.7 Å². The molecular weight excluding hydrogens is 457 g/mol. The van der Waals surface area contributed by atoms with Crippen molar-refractivity contribution in [2.24, 2.45) is 0 Å². The van der Waals surface area contributed by atoms with Crippen LogP contribution >= 0.6 is 11.5 Å². The van der Waals surface area contributed by atoms with E-state index in [0.29, 0.717) is 33.6 Å². The number of hydrogen-bond donors (Lipinski definition) is 1. The monoisotopic (exact) mass is 478 g/mol. The molecule has 1 N–H and O–H groups in total. The largest absolute Gasteiger partial charge is 0.456 e. The van der Waals surface area contributed by atoms with Crippen molar-refractivity contribution in [2.75, 3.05) is 5.32 Å². The second kappa shape index (κ2) is 9.26. The molecule has 0 bridgehead atoms. The highest BCUT2D eigenvalue weighted by molar-refractivity contribution is 7.06. The minimum absolute atomic E-state index is 0.108. The minimum atomic E-state index is -4.57. The minimum Gasteiger partial charge on any atom is -0.456 e. The van der Waals surface area contributed by atoms with Crippen molar-refractivity contribution in [1.82, 2.24) is 14.3 Å². The number of aryl methyl sites for hydroxylation is 1. The third kappa shape index (κ3) is 6.35. The van der Waals surface area contributed by atoms with E-state index < -0.39 is 29.3 Å². The van der Waals surface area contributed by atoms with Gasteiger partial charge in [0.15, 0.2) is 5.69 Å². The molecule has 11 heteroatoms. The van der Waals surface area contributed by atoms with Crippen molar-refractivity contribution >= 4 is 29.1 Å². The van der Waals surface area contributed by atoms with E-state index in [1.54, 1.807) is 52.0 Å². The van der Waals surface area contributed by atoms with E-state index in [-0.39, 0.29) is 12.1 Å². The second-order valence-electron chi connectivity index (χ2n) is 8.17. The Labute approximate surface area is 192 Å². The van der Waals surface area contributed by atoms with Gasteiger partial charge in [0.05, 0.1) is 28.7 Å². The third-order valence-electron chi connectivity index (χ3n) is 4.28. The zero-order valence-electron chi connectivity index (χ0n) is 18.3. The molecule has 33 heavy (non-hydrogen) atoms. The summed E-state index contributed by atoms with van der Waals surface area (Å²) in [4.78, 5) is 32.8. The molecule has 0 aliphatic heterocycles. The molecule has 0 radical (unpaired) electrons. The highest BCUT2D eigenvalue weighted by Gasteiger charge is 2.32. The van der Waals surface area contributed by atoms with Crippen LogP contribution in [0.15, 0.2) is 36.7 Å².